The number of anilines is 1. The Hall–Kier alpha value is -3.43. The van der Waals surface area contributed by atoms with E-state index in [0.717, 1.165) is 6.07 Å². The number of nitro groups is 1. The SMILES string of the molecule is O=[N+]([O-])c1ccc(NCCOc2ncccc2C(F)(F)F)c2ccncc12. The molecular weight excluding hydrogens is 365 g/mol. The van der Waals surface area contributed by atoms with Gasteiger partial charge >= 0.3 is 6.18 Å². The van der Waals surface area contributed by atoms with Gasteiger partial charge in [-0.15, -0.1) is 0 Å². The zero-order valence-corrected chi connectivity index (χ0v) is 13.7. The van der Waals surface area contributed by atoms with Crippen molar-refractivity contribution in [2.24, 2.45) is 0 Å². The standard InChI is InChI=1S/C17H13F3N4O3/c18-17(19,20)13-2-1-6-23-16(13)27-9-8-22-14-3-4-15(24(25)26)12-10-21-7-5-11(12)14/h1-7,10,22H,8-9H2. The first-order valence-electron chi connectivity index (χ1n) is 7.78. The Bertz CT molecular complexity index is 979. The van der Waals surface area contributed by atoms with Crippen LogP contribution >= 0.6 is 0 Å². The van der Waals surface area contributed by atoms with Crippen LogP contribution in [0.4, 0.5) is 24.5 Å². The fourth-order valence-electron chi connectivity index (χ4n) is 2.54. The van der Waals surface area contributed by atoms with E-state index < -0.39 is 22.5 Å². The molecule has 0 fully saturated rings. The Labute approximate surface area is 151 Å². The first-order chi connectivity index (χ1) is 12.9. The minimum absolute atomic E-state index is 0.0797. The van der Waals surface area contributed by atoms with Crippen LogP contribution in [0.3, 0.4) is 0 Å². The number of hydrogen-bond acceptors (Lipinski definition) is 6. The summed E-state index contributed by atoms with van der Waals surface area (Å²) < 4.78 is 43.9. The number of pyridine rings is 2. The van der Waals surface area contributed by atoms with Crippen molar-refractivity contribution in [2.45, 2.75) is 6.18 Å². The molecule has 0 radical (unpaired) electrons. The van der Waals surface area contributed by atoms with E-state index in [2.05, 4.69) is 15.3 Å². The quantitative estimate of drug-likeness (QED) is 0.395. The number of nitro benzene ring substituents is 1. The molecule has 0 aliphatic heterocycles. The summed E-state index contributed by atoms with van der Waals surface area (Å²) in [5.41, 5.74) is -0.446. The largest absolute Gasteiger partial charge is 0.475 e. The lowest BCUT2D eigenvalue weighted by molar-refractivity contribution is -0.383. The first kappa shape index (κ1) is 18.4. The van der Waals surface area contributed by atoms with Crippen molar-refractivity contribution in [3.8, 4) is 5.88 Å². The van der Waals surface area contributed by atoms with E-state index in [9.17, 15) is 23.3 Å². The molecule has 27 heavy (non-hydrogen) atoms. The number of rotatable bonds is 6. The molecule has 0 spiro atoms. The average molecular weight is 378 g/mol. The number of aromatic nitrogens is 2. The molecule has 140 valence electrons. The fraction of sp³-hybridized carbons (Fsp3) is 0.176. The van der Waals surface area contributed by atoms with Crippen LogP contribution in [0.5, 0.6) is 5.88 Å². The van der Waals surface area contributed by atoms with Crippen LogP contribution in [0.2, 0.25) is 0 Å². The number of benzene rings is 1. The number of nitrogens with one attached hydrogen (secondary N) is 1. The van der Waals surface area contributed by atoms with Gasteiger partial charge in [-0.1, -0.05) is 0 Å². The number of non-ortho nitro benzene ring substituents is 1. The van der Waals surface area contributed by atoms with E-state index in [1.807, 2.05) is 0 Å². The van der Waals surface area contributed by atoms with Crippen molar-refractivity contribution in [1.29, 1.82) is 0 Å². The Morgan fingerprint density at radius 2 is 1.96 bits per heavy atom. The van der Waals surface area contributed by atoms with Crippen LogP contribution in [0.15, 0.2) is 48.9 Å². The highest BCUT2D eigenvalue weighted by Crippen LogP contribution is 2.34. The van der Waals surface area contributed by atoms with Gasteiger partial charge in [0.25, 0.3) is 5.69 Å². The molecule has 2 aromatic heterocycles. The molecule has 3 aromatic rings. The van der Waals surface area contributed by atoms with E-state index in [4.69, 9.17) is 4.74 Å². The topological polar surface area (TPSA) is 90.2 Å². The van der Waals surface area contributed by atoms with Gasteiger partial charge in [0.2, 0.25) is 5.88 Å². The Kier molecular flexibility index (Phi) is 5.06. The second-order valence-corrected chi connectivity index (χ2v) is 5.44. The number of nitrogens with zero attached hydrogens (tertiary/aromatic N) is 3. The van der Waals surface area contributed by atoms with Crippen LogP contribution in [-0.2, 0) is 6.18 Å². The van der Waals surface area contributed by atoms with Gasteiger partial charge in [0.05, 0.1) is 10.3 Å². The van der Waals surface area contributed by atoms with Crippen LogP contribution in [0.1, 0.15) is 5.56 Å². The smallest absolute Gasteiger partial charge is 0.421 e. The Morgan fingerprint density at radius 3 is 2.70 bits per heavy atom. The van der Waals surface area contributed by atoms with Crippen LogP contribution in [0, 0.1) is 10.1 Å². The number of hydrogen-bond donors (Lipinski definition) is 1. The summed E-state index contributed by atoms with van der Waals surface area (Å²) in [6.07, 6.45) is -0.455. The van der Waals surface area contributed by atoms with Crippen molar-refractivity contribution in [1.82, 2.24) is 9.97 Å². The summed E-state index contributed by atoms with van der Waals surface area (Å²) in [4.78, 5) is 18.1. The van der Waals surface area contributed by atoms with Gasteiger partial charge in [0, 0.05) is 42.3 Å². The monoisotopic (exact) mass is 378 g/mol. The highest BCUT2D eigenvalue weighted by atomic mass is 19.4. The second-order valence-electron chi connectivity index (χ2n) is 5.44. The van der Waals surface area contributed by atoms with Gasteiger partial charge in [-0.3, -0.25) is 15.1 Å². The number of ether oxygens (including phenoxy) is 1. The molecule has 0 aliphatic rings. The number of halogens is 3. The van der Waals surface area contributed by atoms with Crippen molar-refractivity contribution < 1.29 is 22.8 Å². The minimum Gasteiger partial charge on any atom is -0.475 e. The normalized spacial score (nSPS) is 11.4. The van der Waals surface area contributed by atoms with E-state index in [-0.39, 0.29) is 18.8 Å². The molecule has 3 rings (SSSR count). The lowest BCUT2D eigenvalue weighted by Crippen LogP contribution is -2.15. The first-order valence-corrected chi connectivity index (χ1v) is 7.78. The Balaban J connectivity index is 1.71. The predicted octanol–water partition coefficient (Wildman–Crippen LogP) is 4.05. The van der Waals surface area contributed by atoms with E-state index in [0.29, 0.717) is 16.5 Å². The molecule has 7 nitrogen and oxygen atoms in total. The molecule has 0 aliphatic carbocycles. The van der Waals surface area contributed by atoms with Gasteiger partial charge in [-0.2, -0.15) is 13.2 Å². The van der Waals surface area contributed by atoms with Gasteiger partial charge in [-0.25, -0.2) is 4.98 Å². The maximum Gasteiger partial charge on any atom is 0.421 e. The molecule has 0 saturated heterocycles. The van der Waals surface area contributed by atoms with Crippen molar-refractivity contribution in [2.75, 3.05) is 18.5 Å². The minimum atomic E-state index is -4.56. The lowest BCUT2D eigenvalue weighted by Gasteiger charge is -2.13. The van der Waals surface area contributed by atoms with Crippen molar-refractivity contribution in [3.63, 3.8) is 0 Å². The fourth-order valence-corrected chi connectivity index (χ4v) is 2.54. The second kappa shape index (κ2) is 7.44. The molecule has 1 N–H and O–H groups in total. The Morgan fingerprint density at radius 1 is 1.15 bits per heavy atom. The summed E-state index contributed by atoms with van der Waals surface area (Å²) >= 11 is 0. The molecule has 0 atom stereocenters. The third-order valence-electron chi connectivity index (χ3n) is 3.72. The van der Waals surface area contributed by atoms with Crippen LogP contribution < -0.4 is 10.1 Å². The van der Waals surface area contributed by atoms with Gasteiger partial charge in [-0.05, 0) is 24.3 Å². The van der Waals surface area contributed by atoms with Crippen LogP contribution in [-0.4, -0.2) is 28.0 Å². The summed E-state index contributed by atoms with van der Waals surface area (Å²) in [5, 5.41) is 15.0. The molecule has 0 unspecified atom stereocenters. The highest BCUT2D eigenvalue weighted by Gasteiger charge is 2.34. The number of fused-ring (bicyclic) bond motifs is 1. The average Bonchev–Trinajstić information content (AvgIpc) is 2.64. The van der Waals surface area contributed by atoms with Crippen LogP contribution in [0.25, 0.3) is 10.8 Å². The van der Waals surface area contributed by atoms with Gasteiger partial charge in [0.15, 0.2) is 0 Å². The molecule has 1 aromatic carbocycles. The molecule has 10 heteroatoms. The maximum absolute atomic E-state index is 12.9. The van der Waals surface area contributed by atoms with Gasteiger partial charge in [0.1, 0.15) is 12.2 Å². The van der Waals surface area contributed by atoms with E-state index >= 15 is 0 Å². The molecule has 0 saturated carbocycles. The summed E-state index contributed by atoms with van der Waals surface area (Å²) in [6, 6.07) is 6.57. The van der Waals surface area contributed by atoms with Gasteiger partial charge < -0.3 is 10.1 Å². The third kappa shape index (κ3) is 4.05. The zero-order valence-electron chi connectivity index (χ0n) is 13.7. The molecular formula is C17H13F3N4O3. The zero-order chi connectivity index (χ0) is 19.4. The summed E-state index contributed by atoms with van der Waals surface area (Å²) in [6.45, 7) is 0.0900. The van der Waals surface area contributed by atoms with Crippen molar-refractivity contribution >= 4 is 22.1 Å². The van der Waals surface area contributed by atoms with E-state index in [1.165, 1.54) is 36.8 Å². The summed E-state index contributed by atoms with van der Waals surface area (Å²) in [7, 11) is 0. The number of alkyl halides is 3. The third-order valence-corrected chi connectivity index (χ3v) is 3.72. The maximum atomic E-state index is 12.9. The van der Waals surface area contributed by atoms with Crippen molar-refractivity contribution in [3.05, 3.63) is 64.6 Å². The summed E-state index contributed by atoms with van der Waals surface area (Å²) in [5.74, 6) is -0.496. The molecule has 0 bridgehead atoms. The predicted molar refractivity (Wildman–Crippen MR) is 91.6 cm³/mol. The van der Waals surface area contributed by atoms with E-state index in [1.54, 1.807) is 6.07 Å². The molecule has 2 heterocycles. The lowest BCUT2D eigenvalue weighted by atomic mass is 10.1. The molecule has 0 amide bonds. The highest BCUT2D eigenvalue weighted by molar-refractivity contribution is 5.99.